The number of rotatable bonds is 6. The van der Waals surface area contributed by atoms with Crippen LogP contribution >= 0.6 is 22.9 Å². The number of hydrogen-bond acceptors (Lipinski definition) is 6. The van der Waals surface area contributed by atoms with Gasteiger partial charge in [-0.15, -0.1) is 11.3 Å². The van der Waals surface area contributed by atoms with Crippen molar-refractivity contribution in [3.05, 3.63) is 106 Å². The van der Waals surface area contributed by atoms with Crippen molar-refractivity contribution in [1.29, 1.82) is 0 Å². The number of benzene rings is 3. The Morgan fingerprint density at radius 3 is 2.46 bits per heavy atom. The molecule has 184 valence electrons. The molecule has 4 aromatic rings. The first kappa shape index (κ1) is 24.4. The van der Waals surface area contributed by atoms with Gasteiger partial charge in [-0.2, -0.15) is 0 Å². The van der Waals surface area contributed by atoms with Crippen LogP contribution in [-0.4, -0.2) is 22.7 Å². The van der Waals surface area contributed by atoms with Gasteiger partial charge < -0.3 is 5.32 Å². The molecule has 0 atom stereocenters. The van der Waals surface area contributed by atoms with Crippen molar-refractivity contribution in [3.63, 3.8) is 0 Å². The number of imide groups is 1. The van der Waals surface area contributed by atoms with Gasteiger partial charge in [0.25, 0.3) is 17.7 Å². The molecule has 0 unspecified atom stereocenters. The molecule has 0 saturated carbocycles. The summed E-state index contributed by atoms with van der Waals surface area (Å²) in [4.78, 5) is 44.3. The quantitative estimate of drug-likeness (QED) is 0.294. The monoisotopic (exact) mass is 528 g/mol. The van der Waals surface area contributed by atoms with Crippen LogP contribution in [0.15, 0.2) is 88.9 Å². The average molecular weight is 529 g/mol. The summed E-state index contributed by atoms with van der Waals surface area (Å²) < 4.78 is 0. The fraction of sp³-hybridized carbons (Fsp3) is 0.0714. The molecule has 2 heterocycles. The number of aryl methyl sites for hydroxylation is 2. The molecule has 0 aliphatic carbocycles. The number of carbonyl (C=O) groups is 3. The van der Waals surface area contributed by atoms with Crippen molar-refractivity contribution in [1.82, 2.24) is 4.98 Å². The minimum absolute atomic E-state index is 0.0464. The summed E-state index contributed by atoms with van der Waals surface area (Å²) in [6.45, 7) is 3.85. The third kappa shape index (κ3) is 4.89. The second-order valence-electron chi connectivity index (χ2n) is 8.47. The third-order valence-electron chi connectivity index (χ3n) is 5.96. The molecule has 1 aromatic heterocycles. The summed E-state index contributed by atoms with van der Waals surface area (Å²) >= 11 is 7.60. The van der Waals surface area contributed by atoms with Crippen molar-refractivity contribution in [2.45, 2.75) is 13.8 Å². The molecule has 7 nitrogen and oxygen atoms in total. The van der Waals surface area contributed by atoms with E-state index in [1.165, 1.54) is 11.3 Å². The van der Waals surface area contributed by atoms with E-state index in [2.05, 4.69) is 15.6 Å². The zero-order valence-electron chi connectivity index (χ0n) is 19.9. The topological polar surface area (TPSA) is 91.4 Å². The Morgan fingerprint density at radius 2 is 1.70 bits per heavy atom. The molecule has 3 aromatic carbocycles. The largest absolute Gasteiger partial charge is 0.350 e. The molecule has 37 heavy (non-hydrogen) atoms. The molecular formula is C28H21ClN4O3S. The fourth-order valence-electron chi connectivity index (χ4n) is 3.84. The summed E-state index contributed by atoms with van der Waals surface area (Å²) in [5, 5.41) is 7.86. The zero-order valence-corrected chi connectivity index (χ0v) is 21.5. The molecule has 5 rings (SSSR count). The summed E-state index contributed by atoms with van der Waals surface area (Å²) in [5.41, 5.74) is 4.91. The molecule has 1 aliphatic heterocycles. The maximum absolute atomic E-state index is 13.1. The zero-order chi connectivity index (χ0) is 26.1. The highest BCUT2D eigenvalue weighted by Gasteiger charge is 2.39. The summed E-state index contributed by atoms with van der Waals surface area (Å²) in [6.07, 6.45) is 0. The number of thiazole rings is 1. The molecule has 0 fully saturated rings. The van der Waals surface area contributed by atoms with Gasteiger partial charge in [0.1, 0.15) is 10.7 Å². The third-order valence-corrected chi connectivity index (χ3v) is 7.07. The van der Waals surface area contributed by atoms with Crippen LogP contribution in [0.3, 0.4) is 0 Å². The van der Waals surface area contributed by atoms with E-state index in [-0.39, 0.29) is 16.6 Å². The van der Waals surface area contributed by atoms with Crippen molar-refractivity contribution >= 4 is 57.2 Å². The molecule has 0 radical (unpaired) electrons. The maximum atomic E-state index is 13.1. The van der Waals surface area contributed by atoms with Gasteiger partial charge in [-0.1, -0.05) is 54.1 Å². The van der Waals surface area contributed by atoms with Crippen LogP contribution in [0.2, 0.25) is 0 Å². The van der Waals surface area contributed by atoms with Crippen LogP contribution in [0.5, 0.6) is 0 Å². The van der Waals surface area contributed by atoms with Crippen LogP contribution in [0, 0.1) is 13.8 Å². The molecule has 0 spiro atoms. The number of carbonyl (C=O) groups excluding carboxylic acids is 3. The molecular weight excluding hydrogens is 508 g/mol. The van der Waals surface area contributed by atoms with Crippen LogP contribution in [0.25, 0.3) is 11.3 Å². The summed E-state index contributed by atoms with van der Waals surface area (Å²) in [7, 11) is 0. The highest BCUT2D eigenvalue weighted by Crippen LogP contribution is 2.31. The van der Waals surface area contributed by atoms with Crippen molar-refractivity contribution in [2.24, 2.45) is 0 Å². The molecule has 3 amide bonds. The molecule has 0 saturated heterocycles. The Balaban J connectivity index is 1.32. The van der Waals surface area contributed by atoms with E-state index in [0.717, 1.165) is 27.3 Å². The first-order valence-electron chi connectivity index (χ1n) is 11.4. The van der Waals surface area contributed by atoms with Crippen LogP contribution in [0.4, 0.5) is 16.5 Å². The van der Waals surface area contributed by atoms with Gasteiger partial charge in [0.05, 0.1) is 11.4 Å². The Kier molecular flexibility index (Phi) is 6.60. The second-order valence-corrected chi connectivity index (χ2v) is 9.70. The minimum atomic E-state index is -0.607. The minimum Gasteiger partial charge on any atom is -0.350 e. The Bertz CT molecular complexity index is 1580. The first-order chi connectivity index (χ1) is 17.8. The molecule has 9 heteroatoms. The Hall–Kier alpha value is -4.27. The van der Waals surface area contributed by atoms with Gasteiger partial charge in [0, 0.05) is 22.2 Å². The summed E-state index contributed by atoms with van der Waals surface area (Å²) in [5.74, 6) is -1.53. The molecule has 1 aliphatic rings. The van der Waals surface area contributed by atoms with E-state index in [1.54, 1.807) is 36.4 Å². The fourth-order valence-corrected chi connectivity index (χ4v) is 4.76. The Labute approximate surface area is 222 Å². The lowest BCUT2D eigenvalue weighted by Gasteiger charge is -2.16. The van der Waals surface area contributed by atoms with E-state index in [9.17, 15) is 14.4 Å². The number of anilines is 3. The smallest absolute Gasteiger partial charge is 0.283 e. The average Bonchev–Trinajstić information content (AvgIpc) is 3.45. The number of amides is 3. The maximum Gasteiger partial charge on any atom is 0.283 e. The van der Waals surface area contributed by atoms with Gasteiger partial charge in [0.15, 0.2) is 5.13 Å². The lowest BCUT2D eigenvalue weighted by molar-refractivity contribution is -0.120. The lowest BCUT2D eigenvalue weighted by atomic mass is 10.1. The predicted molar refractivity (Wildman–Crippen MR) is 147 cm³/mol. The lowest BCUT2D eigenvalue weighted by Crippen LogP contribution is -2.32. The number of nitrogens with one attached hydrogen (secondary N) is 2. The van der Waals surface area contributed by atoms with Crippen LogP contribution in [-0.2, 0) is 9.59 Å². The number of halogens is 1. The first-order valence-corrected chi connectivity index (χ1v) is 12.6. The van der Waals surface area contributed by atoms with Gasteiger partial charge in [-0.05, 0) is 55.3 Å². The number of nitrogens with zero attached hydrogens (tertiary/aromatic N) is 2. The highest BCUT2D eigenvalue weighted by atomic mass is 35.5. The van der Waals surface area contributed by atoms with Crippen LogP contribution < -0.4 is 15.5 Å². The summed E-state index contributed by atoms with van der Waals surface area (Å²) in [6, 6.07) is 21.6. The predicted octanol–water partition coefficient (Wildman–Crippen LogP) is 6.11. The molecule has 0 bridgehead atoms. The highest BCUT2D eigenvalue weighted by molar-refractivity contribution is 7.14. The van der Waals surface area contributed by atoms with Crippen molar-refractivity contribution in [3.8, 4) is 11.3 Å². The second kappa shape index (κ2) is 10.0. The van der Waals surface area contributed by atoms with E-state index < -0.39 is 11.8 Å². The van der Waals surface area contributed by atoms with Gasteiger partial charge in [0.2, 0.25) is 0 Å². The van der Waals surface area contributed by atoms with Gasteiger partial charge in [-0.3, -0.25) is 19.7 Å². The van der Waals surface area contributed by atoms with Crippen molar-refractivity contribution in [2.75, 3.05) is 15.5 Å². The standard InChI is InChI=1S/C28H21ClN4O3S/c1-16-11-12-21(13-17(16)2)33-26(35)23(29)24(27(33)36)30-20-10-6-9-19(14-20)25(34)32-28-31-22(15-37-28)18-7-4-3-5-8-18/h3-15,30H,1-2H3,(H,31,32,34). The SMILES string of the molecule is Cc1ccc(N2C(=O)C(Cl)=C(Nc3cccc(C(=O)Nc4nc(-c5ccccc5)cs4)c3)C2=O)cc1C. The van der Waals surface area contributed by atoms with Gasteiger partial charge >= 0.3 is 0 Å². The van der Waals surface area contributed by atoms with Crippen molar-refractivity contribution < 1.29 is 14.4 Å². The molecule has 2 N–H and O–H groups in total. The van der Waals surface area contributed by atoms with E-state index in [4.69, 9.17) is 11.6 Å². The Morgan fingerprint density at radius 1 is 0.919 bits per heavy atom. The van der Waals surface area contributed by atoms with E-state index in [1.807, 2.05) is 55.6 Å². The normalized spacial score (nSPS) is 13.3. The van der Waals surface area contributed by atoms with Gasteiger partial charge in [-0.25, -0.2) is 9.88 Å². The van der Waals surface area contributed by atoms with E-state index in [0.29, 0.717) is 22.1 Å². The number of hydrogen-bond donors (Lipinski definition) is 2. The van der Waals surface area contributed by atoms with E-state index >= 15 is 0 Å². The van der Waals surface area contributed by atoms with Crippen LogP contribution in [0.1, 0.15) is 21.5 Å². The number of aromatic nitrogens is 1.